The Balaban J connectivity index is 2.25. The van der Waals surface area contributed by atoms with Crippen LogP contribution in [0, 0.1) is 24.0 Å². The maximum Gasteiger partial charge on any atom is 0.275 e. The van der Waals surface area contributed by atoms with Crippen molar-refractivity contribution in [2.75, 3.05) is 5.32 Å². The molecule has 1 aromatic heterocycles. The summed E-state index contributed by atoms with van der Waals surface area (Å²) in [4.78, 5) is 26.2. The number of amides is 1. The molecule has 7 heteroatoms. The van der Waals surface area contributed by atoms with Crippen LogP contribution in [0.25, 0.3) is 0 Å². The lowest BCUT2D eigenvalue weighted by molar-refractivity contribution is -0.384. The molecule has 0 aliphatic heterocycles. The number of nitrogens with zero attached hydrogens (tertiary/aromatic N) is 2. The fourth-order valence-electron chi connectivity index (χ4n) is 1.51. The number of non-ortho nitro benzene ring substituents is 1. The summed E-state index contributed by atoms with van der Waals surface area (Å²) in [5.74, 6) is -0.368. The van der Waals surface area contributed by atoms with Crippen LogP contribution in [0.4, 0.5) is 11.4 Å². The molecule has 0 radical (unpaired) electrons. The Morgan fingerprint density at radius 1 is 1.42 bits per heavy atom. The van der Waals surface area contributed by atoms with Crippen LogP contribution in [0.2, 0.25) is 0 Å². The molecule has 0 unspecified atom stereocenters. The Hall–Kier alpha value is -2.28. The van der Waals surface area contributed by atoms with E-state index in [2.05, 4.69) is 10.3 Å². The van der Waals surface area contributed by atoms with E-state index in [-0.39, 0.29) is 11.6 Å². The Kier molecular flexibility index (Phi) is 3.57. The van der Waals surface area contributed by atoms with Gasteiger partial charge in [0.2, 0.25) is 0 Å². The first-order chi connectivity index (χ1) is 8.97. The molecule has 0 aliphatic carbocycles. The molecule has 0 saturated heterocycles. The fourth-order valence-corrected chi connectivity index (χ4v) is 2.11. The highest BCUT2D eigenvalue weighted by atomic mass is 32.1. The van der Waals surface area contributed by atoms with Gasteiger partial charge in [-0.25, -0.2) is 4.98 Å². The molecule has 2 rings (SSSR count). The first kappa shape index (κ1) is 13.2. The highest BCUT2D eigenvalue weighted by molar-refractivity contribution is 7.09. The quantitative estimate of drug-likeness (QED) is 0.690. The Labute approximate surface area is 113 Å². The van der Waals surface area contributed by atoms with Gasteiger partial charge in [-0.1, -0.05) is 6.07 Å². The summed E-state index contributed by atoms with van der Waals surface area (Å²) in [6, 6.07) is 4.34. The molecular formula is C12H11N3O3S. The highest BCUT2D eigenvalue weighted by Gasteiger charge is 2.13. The molecule has 0 fully saturated rings. The minimum atomic E-state index is -0.498. The summed E-state index contributed by atoms with van der Waals surface area (Å²) < 4.78 is 0. The van der Waals surface area contributed by atoms with Crippen LogP contribution in [-0.4, -0.2) is 15.8 Å². The number of aryl methyl sites for hydroxylation is 2. The normalized spacial score (nSPS) is 10.2. The van der Waals surface area contributed by atoms with Crippen molar-refractivity contribution >= 4 is 28.6 Å². The SMILES string of the molecule is Cc1nc(C(=O)Nc2cc([N+](=O)[O-])ccc2C)cs1. The molecule has 0 atom stereocenters. The van der Waals surface area contributed by atoms with Crippen LogP contribution in [0.3, 0.4) is 0 Å². The molecule has 1 amide bonds. The maximum atomic E-state index is 11.9. The van der Waals surface area contributed by atoms with E-state index in [4.69, 9.17) is 0 Å². The van der Waals surface area contributed by atoms with Crippen molar-refractivity contribution in [1.82, 2.24) is 4.98 Å². The Morgan fingerprint density at radius 3 is 2.74 bits per heavy atom. The lowest BCUT2D eigenvalue weighted by atomic mass is 10.2. The van der Waals surface area contributed by atoms with Crippen LogP contribution >= 0.6 is 11.3 Å². The van der Waals surface area contributed by atoms with E-state index in [0.29, 0.717) is 11.4 Å². The number of nitrogens with one attached hydrogen (secondary N) is 1. The number of nitro groups is 1. The lowest BCUT2D eigenvalue weighted by Crippen LogP contribution is -2.13. The van der Waals surface area contributed by atoms with Crippen LogP contribution < -0.4 is 5.32 Å². The van der Waals surface area contributed by atoms with E-state index in [0.717, 1.165) is 10.6 Å². The number of rotatable bonds is 3. The molecular weight excluding hydrogens is 266 g/mol. The molecule has 6 nitrogen and oxygen atoms in total. The van der Waals surface area contributed by atoms with Gasteiger partial charge in [-0.15, -0.1) is 11.3 Å². The van der Waals surface area contributed by atoms with Gasteiger partial charge in [-0.2, -0.15) is 0 Å². The van der Waals surface area contributed by atoms with Crippen molar-refractivity contribution in [3.63, 3.8) is 0 Å². The summed E-state index contributed by atoms with van der Waals surface area (Å²) >= 11 is 1.38. The Morgan fingerprint density at radius 2 is 2.16 bits per heavy atom. The monoisotopic (exact) mass is 277 g/mol. The van der Waals surface area contributed by atoms with Crippen molar-refractivity contribution < 1.29 is 9.72 Å². The minimum Gasteiger partial charge on any atom is -0.320 e. The van der Waals surface area contributed by atoms with Crippen LogP contribution in [0.1, 0.15) is 21.1 Å². The largest absolute Gasteiger partial charge is 0.320 e. The van der Waals surface area contributed by atoms with Gasteiger partial charge < -0.3 is 5.32 Å². The average Bonchev–Trinajstić information content (AvgIpc) is 2.78. The number of carbonyl (C=O) groups excluding carboxylic acids is 1. The molecule has 0 spiro atoms. The standard InChI is InChI=1S/C12H11N3O3S/c1-7-3-4-9(15(17)18)5-10(7)14-12(16)11-6-19-8(2)13-11/h3-6H,1-2H3,(H,14,16). The predicted octanol–water partition coefficient (Wildman–Crippen LogP) is 2.92. The molecule has 1 aromatic carbocycles. The molecule has 19 heavy (non-hydrogen) atoms. The number of hydrogen-bond donors (Lipinski definition) is 1. The van der Waals surface area contributed by atoms with Gasteiger partial charge in [0.05, 0.1) is 15.6 Å². The van der Waals surface area contributed by atoms with Crippen molar-refractivity contribution in [2.24, 2.45) is 0 Å². The topological polar surface area (TPSA) is 85.1 Å². The zero-order chi connectivity index (χ0) is 14.0. The molecule has 98 valence electrons. The van der Waals surface area contributed by atoms with Gasteiger partial charge in [-0.05, 0) is 19.4 Å². The van der Waals surface area contributed by atoms with Gasteiger partial charge in [0, 0.05) is 17.5 Å². The number of carbonyl (C=O) groups is 1. The molecule has 1 N–H and O–H groups in total. The Bertz CT molecular complexity index is 651. The number of anilines is 1. The number of benzene rings is 1. The summed E-state index contributed by atoms with van der Waals surface area (Å²) in [6.45, 7) is 3.58. The van der Waals surface area contributed by atoms with Crippen LogP contribution in [-0.2, 0) is 0 Å². The fraction of sp³-hybridized carbons (Fsp3) is 0.167. The second-order valence-electron chi connectivity index (χ2n) is 3.96. The molecule has 0 bridgehead atoms. The number of aromatic nitrogens is 1. The van der Waals surface area contributed by atoms with Crippen LogP contribution in [0.5, 0.6) is 0 Å². The van der Waals surface area contributed by atoms with Crippen molar-refractivity contribution in [1.29, 1.82) is 0 Å². The number of hydrogen-bond acceptors (Lipinski definition) is 5. The summed E-state index contributed by atoms with van der Waals surface area (Å²) in [6.07, 6.45) is 0. The molecule has 1 heterocycles. The van der Waals surface area contributed by atoms with E-state index in [9.17, 15) is 14.9 Å². The van der Waals surface area contributed by atoms with E-state index in [1.54, 1.807) is 25.3 Å². The minimum absolute atomic E-state index is 0.0599. The summed E-state index contributed by atoms with van der Waals surface area (Å²) in [7, 11) is 0. The van der Waals surface area contributed by atoms with Crippen LogP contribution in [0.15, 0.2) is 23.6 Å². The van der Waals surface area contributed by atoms with Gasteiger partial charge in [0.1, 0.15) is 5.69 Å². The maximum absolute atomic E-state index is 11.9. The average molecular weight is 277 g/mol. The van der Waals surface area contributed by atoms with Crippen molar-refractivity contribution in [2.45, 2.75) is 13.8 Å². The van der Waals surface area contributed by atoms with Gasteiger partial charge in [-0.3, -0.25) is 14.9 Å². The number of thiazole rings is 1. The molecule has 0 aliphatic rings. The second-order valence-corrected chi connectivity index (χ2v) is 5.02. The third-order valence-electron chi connectivity index (χ3n) is 2.53. The summed E-state index contributed by atoms with van der Waals surface area (Å²) in [5, 5.41) is 15.8. The smallest absolute Gasteiger partial charge is 0.275 e. The van der Waals surface area contributed by atoms with Gasteiger partial charge in [0.15, 0.2) is 0 Å². The lowest BCUT2D eigenvalue weighted by Gasteiger charge is -2.06. The summed E-state index contributed by atoms with van der Waals surface area (Å²) in [5.41, 5.74) is 1.43. The highest BCUT2D eigenvalue weighted by Crippen LogP contribution is 2.22. The van der Waals surface area contributed by atoms with Crippen molar-refractivity contribution in [3.05, 3.63) is 50.0 Å². The van der Waals surface area contributed by atoms with E-state index in [1.807, 2.05) is 0 Å². The molecule has 2 aromatic rings. The zero-order valence-electron chi connectivity index (χ0n) is 10.3. The van der Waals surface area contributed by atoms with E-state index < -0.39 is 4.92 Å². The van der Waals surface area contributed by atoms with Gasteiger partial charge >= 0.3 is 0 Å². The predicted molar refractivity (Wildman–Crippen MR) is 72.6 cm³/mol. The second kappa shape index (κ2) is 5.15. The molecule has 0 saturated carbocycles. The third kappa shape index (κ3) is 2.94. The zero-order valence-corrected chi connectivity index (χ0v) is 11.2. The number of nitro benzene ring substituents is 1. The van der Waals surface area contributed by atoms with Gasteiger partial charge in [0.25, 0.3) is 11.6 Å². The van der Waals surface area contributed by atoms with Crippen molar-refractivity contribution in [3.8, 4) is 0 Å². The van der Waals surface area contributed by atoms with E-state index in [1.165, 1.54) is 23.5 Å². The first-order valence-corrected chi connectivity index (χ1v) is 6.34. The van der Waals surface area contributed by atoms with E-state index >= 15 is 0 Å². The third-order valence-corrected chi connectivity index (χ3v) is 3.31. The first-order valence-electron chi connectivity index (χ1n) is 5.46.